The molecule has 1 spiro atoms. The minimum atomic E-state index is 0.708. The molecule has 1 aliphatic heterocycles. The maximum absolute atomic E-state index is 4.07. The first-order valence-corrected chi connectivity index (χ1v) is 3.52. The van der Waals surface area contributed by atoms with Crippen LogP contribution in [-0.4, -0.2) is 12.1 Å². The zero-order valence-corrected chi connectivity index (χ0v) is 5.24. The van der Waals surface area contributed by atoms with Crippen molar-refractivity contribution in [3.63, 3.8) is 0 Å². The van der Waals surface area contributed by atoms with Crippen molar-refractivity contribution in [2.24, 2.45) is 0 Å². The molecule has 1 heteroatoms. The van der Waals surface area contributed by atoms with Crippen molar-refractivity contribution in [2.45, 2.75) is 31.2 Å². The van der Waals surface area contributed by atoms with Crippen molar-refractivity contribution >= 4 is 0 Å². The Balaban J connectivity index is 2.12. The highest BCUT2D eigenvalue weighted by Crippen LogP contribution is 2.38. The quantitative estimate of drug-likeness (QED) is 0.419. The normalized spacial score (nSPS) is 40.9. The third kappa shape index (κ3) is 0.455. The van der Waals surface area contributed by atoms with Gasteiger partial charge < -0.3 is 4.90 Å². The molecule has 1 nitrogen and oxygen atoms in total. The van der Waals surface area contributed by atoms with Gasteiger partial charge in [0.2, 0.25) is 0 Å². The van der Waals surface area contributed by atoms with Crippen LogP contribution in [0.4, 0.5) is 0 Å². The summed E-state index contributed by atoms with van der Waals surface area (Å²) in [6, 6.07) is 0. The van der Waals surface area contributed by atoms with E-state index in [0.29, 0.717) is 5.54 Å². The molecular weight excluding hydrogens is 98.1 g/mol. The molecule has 1 heterocycles. The summed E-state index contributed by atoms with van der Waals surface area (Å²) in [6.45, 7) is 1.32. The predicted molar refractivity (Wildman–Crippen MR) is 32.4 cm³/mol. The highest BCUT2D eigenvalue weighted by molar-refractivity contribution is 4.96. The van der Waals surface area contributed by atoms with Crippen LogP contribution in [0.25, 0.3) is 0 Å². The zero-order chi connectivity index (χ0) is 5.61. The third-order valence-corrected chi connectivity index (χ3v) is 2.74. The number of hydrogen-bond donors (Lipinski definition) is 1. The summed E-state index contributed by atoms with van der Waals surface area (Å²) in [5.74, 6) is 0. The van der Waals surface area contributed by atoms with Crippen molar-refractivity contribution in [1.29, 1.82) is 0 Å². The highest BCUT2D eigenvalue weighted by Gasteiger charge is 2.50. The standard InChI is InChI=1S/C7H13N/c1-8-6-2-3-7(8)4-5-7/h8H,1-6H2. The Bertz CT molecular complexity index is 105. The highest BCUT2D eigenvalue weighted by atomic mass is 15.2. The Morgan fingerprint density at radius 2 is 2.00 bits per heavy atom. The molecule has 1 saturated heterocycles. The average Bonchev–Trinajstić information content (AvgIpc) is 2.39. The van der Waals surface area contributed by atoms with Gasteiger partial charge in [-0.1, -0.05) is 0 Å². The summed E-state index contributed by atoms with van der Waals surface area (Å²) in [5, 5.41) is 0. The van der Waals surface area contributed by atoms with E-state index < -0.39 is 0 Å². The molecule has 1 unspecified atom stereocenters. The van der Waals surface area contributed by atoms with Gasteiger partial charge in [0.1, 0.15) is 0 Å². The molecule has 2 fully saturated rings. The monoisotopic (exact) mass is 111 g/mol. The van der Waals surface area contributed by atoms with E-state index in [-0.39, 0.29) is 0 Å². The van der Waals surface area contributed by atoms with Crippen LogP contribution in [0, 0.1) is 7.05 Å². The Labute approximate surface area is 50.7 Å². The van der Waals surface area contributed by atoms with Gasteiger partial charge in [0.25, 0.3) is 0 Å². The fraction of sp³-hybridized carbons (Fsp3) is 0.857. The first-order valence-electron chi connectivity index (χ1n) is 3.52. The van der Waals surface area contributed by atoms with Crippen molar-refractivity contribution in [3.8, 4) is 0 Å². The van der Waals surface area contributed by atoms with Crippen molar-refractivity contribution < 1.29 is 4.90 Å². The largest absolute Gasteiger partial charge is 0.463 e. The Morgan fingerprint density at radius 1 is 1.25 bits per heavy atom. The molecule has 0 amide bonds. The van der Waals surface area contributed by atoms with Gasteiger partial charge in [-0.15, -0.1) is 0 Å². The summed E-state index contributed by atoms with van der Waals surface area (Å²) >= 11 is 0. The van der Waals surface area contributed by atoms with Gasteiger partial charge in [0, 0.05) is 25.7 Å². The lowest BCUT2D eigenvalue weighted by Crippen LogP contribution is -3.10. The third-order valence-electron chi connectivity index (χ3n) is 2.74. The smallest absolute Gasteiger partial charge is 0.0745 e. The first kappa shape index (κ1) is 4.80. The Morgan fingerprint density at radius 3 is 2.25 bits per heavy atom. The molecule has 0 aromatic heterocycles. The SMILES string of the molecule is [CH2-][NH+]1CCCC12CC2. The van der Waals surface area contributed by atoms with Gasteiger partial charge in [-0.25, -0.2) is 0 Å². The second-order valence-corrected chi connectivity index (χ2v) is 3.24. The minimum Gasteiger partial charge on any atom is -0.463 e. The van der Waals surface area contributed by atoms with Crippen molar-refractivity contribution in [3.05, 3.63) is 7.05 Å². The second kappa shape index (κ2) is 1.27. The topological polar surface area (TPSA) is 4.44 Å². The summed E-state index contributed by atoms with van der Waals surface area (Å²) in [7, 11) is 4.07. The van der Waals surface area contributed by atoms with E-state index in [2.05, 4.69) is 7.05 Å². The van der Waals surface area contributed by atoms with Crippen LogP contribution in [-0.2, 0) is 0 Å². The summed E-state index contributed by atoms with van der Waals surface area (Å²) < 4.78 is 0. The predicted octanol–water partition coefficient (Wildman–Crippen LogP) is -0.0107. The second-order valence-electron chi connectivity index (χ2n) is 3.24. The Hall–Kier alpha value is -0.0400. The van der Waals surface area contributed by atoms with E-state index in [1.54, 1.807) is 4.90 Å². The number of rotatable bonds is 0. The van der Waals surface area contributed by atoms with E-state index in [1.165, 1.54) is 32.2 Å². The zero-order valence-electron chi connectivity index (χ0n) is 5.24. The molecule has 0 aromatic rings. The van der Waals surface area contributed by atoms with E-state index in [9.17, 15) is 0 Å². The summed E-state index contributed by atoms with van der Waals surface area (Å²) in [4.78, 5) is 1.55. The molecular formula is C7H13N. The molecule has 2 rings (SSSR count). The van der Waals surface area contributed by atoms with E-state index in [0.717, 1.165) is 0 Å². The van der Waals surface area contributed by atoms with Crippen LogP contribution in [0.5, 0.6) is 0 Å². The number of nitrogens with one attached hydrogen (secondary N) is 1. The molecule has 1 saturated carbocycles. The molecule has 1 N–H and O–H groups in total. The summed E-state index contributed by atoms with van der Waals surface area (Å²) in [5.41, 5.74) is 0.708. The molecule has 1 atom stereocenters. The molecule has 1 aliphatic carbocycles. The van der Waals surface area contributed by atoms with E-state index in [1.807, 2.05) is 0 Å². The molecule has 0 aromatic carbocycles. The fourth-order valence-corrected chi connectivity index (χ4v) is 1.84. The lowest BCUT2D eigenvalue weighted by Gasteiger charge is -2.21. The Kier molecular flexibility index (Phi) is 0.762. The van der Waals surface area contributed by atoms with Gasteiger partial charge in [-0.05, 0) is 0 Å². The van der Waals surface area contributed by atoms with E-state index in [4.69, 9.17) is 0 Å². The fourth-order valence-electron chi connectivity index (χ4n) is 1.84. The van der Waals surface area contributed by atoms with Crippen molar-refractivity contribution in [1.82, 2.24) is 0 Å². The lowest BCUT2D eigenvalue weighted by atomic mass is 10.2. The molecule has 8 heavy (non-hydrogen) atoms. The summed E-state index contributed by atoms with van der Waals surface area (Å²) in [6.07, 6.45) is 5.77. The van der Waals surface area contributed by atoms with E-state index >= 15 is 0 Å². The molecule has 0 radical (unpaired) electrons. The molecule has 46 valence electrons. The van der Waals surface area contributed by atoms with Gasteiger partial charge in [0.15, 0.2) is 0 Å². The van der Waals surface area contributed by atoms with Gasteiger partial charge in [0.05, 0.1) is 12.1 Å². The number of hydrogen-bond acceptors (Lipinski definition) is 0. The van der Waals surface area contributed by atoms with Crippen LogP contribution >= 0.6 is 0 Å². The van der Waals surface area contributed by atoms with Gasteiger partial charge in [-0.2, -0.15) is 7.05 Å². The van der Waals surface area contributed by atoms with Crippen molar-refractivity contribution in [2.75, 3.05) is 6.54 Å². The maximum Gasteiger partial charge on any atom is 0.0745 e. The number of likely N-dealkylation sites (tertiary alicyclic amines) is 1. The van der Waals surface area contributed by atoms with Crippen LogP contribution in [0.3, 0.4) is 0 Å². The molecule has 0 bridgehead atoms. The van der Waals surface area contributed by atoms with Gasteiger partial charge >= 0.3 is 0 Å². The minimum absolute atomic E-state index is 0.708. The molecule has 2 aliphatic rings. The van der Waals surface area contributed by atoms with Crippen LogP contribution in [0.15, 0.2) is 0 Å². The lowest BCUT2D eigenvalue weighted by molar-refractivity contribution is -0.878. The average molecular weight is 111 g/mol. The van der Waals surface area contributed by atoms with Crippen LogP contribution in [0.1, 0.15) is 25.7 Å². The maximum atomic E-state index is 4.07. The van der Waals surface area contributed by atoms with Crippen LogP contribution in [0.2, 0.25) is 0 Å². The van der Waals surface area contributed by atoms with Crippen LogP contribution < -0.4 is 4.90 Å². The first-order chi connectivity index (χ1) is 3.83. The van der Waals surface area contributed by atoms with Gasteiger partial charge in [-0.3, -0.25) is 0 Å². The number of quaternary nitrogens is 1.